The third-order valence-electron chi connectivity index (χ3n) is 7.63. The fourth-order valence-electron chi connectivity index (χ4n) is 5.73. The van der Waals surface area contributed by atoms with E-state index < -0.39 is 17.1 Å². The molecule has 208 valence electrons. The number of rotatable bonds is 5. The largest absolute Gasteiger partial charge is 0.325 e. The number of aromatic nitrogens is 1. The molecular formula is C32H22BrN3O4S2. The Balaban J connectivity index is 1.25. The first-order chi connectivity index (χ1) is 20.4. The molecule has 0 bridgehead atoms. The van der Waals surface area contributed by atoms with E-state index in [9.17, 15) is 19.2 Å². The molecule has 3 amide bonds. The van der Waals surface area contributed by atoms with Gasteiger partial charge < -0.3 is 5.32 Å². The first kappa shape index (κ1) is 26.9. The molecule has 2 aliphatic rings. The number of fused-ring (bicyclic) bond motifs is 3. The zero-order chi connectivity index (χ0) is 29.0. The molecule has 1 fully saturated rings. The molecule has 7 rings (SSSR count). The quantitative estimate of drug-likeness (QED) is 0.226. The van der Waals surface area contributed by atoms with Crippen LogP contribution in [0.2, 0.25) is 0 Å². The monoisotopic (exact) mass is 655 g/mol. The number of halogens is 1. The number of imide groups is 1. The molecule has 42 heavy (non-hydrogen) atoms. The van der Waals surface area contributed by atoms with Crippen molar-refractivity contribution in [3.05, 3.63) is 122 Å². The van der Waals surface area contributed by atoms with E-state index in [0.717, 1.165) is 32.1 Å². The number of carbonyl (C=O) groups excluding carboxylic acids is 3. The number of hydrogen-bond donors (Lipinski definition) is 1. The third-order valence-corrected chi connectivity index (χ3v) is 10.8. The van der Waals surface area contributed by atoms with Crippen molar-refractivity contribution in [2.75, 3.05) is 10.2 Å². The number of nitrogens with zero attached hydrogens (tertiary/aromatic N) is 2. The molecule has 0 spiro atoms. The minimum absolute atomic E-state index is 0.206. The summed E-state index contributed by atoms with van der Waals surface area (Å²) in [5.74, 6) is -2.14. The second-order valence-electron chi connectivity index (χ2n) is 10.2. The zero-order valence-corrected chi connectivity index (χ0v) is 25.1. The minimum atomic E-state index is -0.734. The predicted octanol–water partition coefficient (Wildman–Crippen LogP) is 6.26. The highest BCUT2D eigenvalue weighted by Gasteiger charge is 2.56. The van der Waals surface area contributed by atoms with Gasteiger partial charge in [0.2, 0.25) is 17.7 Å². The molecule has 1 saturated heterocycles. The Bertz CT molecular complexity index is 1940. The van der Waals surface area contributed by atoms with Crippen LogP contribution >= 0.6 is 39.0 Å². The van der Waals surface area contributed by atoms with Gasteiger partial charge in [-0.25, -0.2) is 4.90 Å². The first-order valence-corrected chi connectivity index (χ1v) is 15.7. The summed E-state index contributed by atoms with van der Waals surface area (Å²) in [6.07, 6.45) is 0. The van der Waals surface area contributed by atoms with Crippen molar-refractivity contribution in [1.82, 2.24) is 4.57 Å². The van der Waals surface area contributed by atoms with Crippen LogP contribution in [-0.2, 0) is 20.9 Å². The summed E-state index contributed by atoms with van der Waals surface area (Å²) < 4.78 is 2.28. The Hall–Kier alpha value is -3.99. The smallest absolute Gasteiger partial charge is 0.308 e. The van der Waals surface area contributed by atoms with Crippen LogP contribution in [0.15, 0.2) is 111 Å². The van der Waals surface area contributed by atoms with Gasteiger partial charge in [-0.3, -0.25) is 23.7 Å². The minimum Gasteiger partial charge on any atom is -0.325 e. The van der Waals surface area contributed by atoms with Crippen molar-refractivity contribution < 1.29 is 14.4 Å². The molecule has 1 N–H and O–H groups in total. The first-order valence-electron chi connectivity index (χ1n) is 13.3. The summed E-state index contributed by atoms with van der Waals surface area (Å²) in [5.41, 5.74) is 1.99. The van der Waals surface area contributed by atoms with Crippen molar-refractivity contribution in [2.24, 2.45) is 5.92 Å². The summed E-state index contributed by atoms with van der Waals surface area (Å²) in [4.78, 5) is 56.0. The van der Waals surface area contributed by atoms with Crippen LogP contribution in [0.4, 0.5) is 11.4 Å². The fraction of sp³-hybridized carbons (Fsp3) is 0.125. The number of nitrogens with one attached hydrogen (secondary N) is 1. The number of thioether (sulfide) groups is 1. The molecule has 5 aromatic rings. The molecule has 3 atom stereocenters. The lowest BCUT2D eigenvalue weighted by Crippen LogP contribution is -2.33. The second-order valence-corrected chi connectivity index (χ2v) is 13.2. The number of anilines is 2. The number of amides is 3. The maximum absolute atomic E-state index is 13.9. The Morgan fingerprint density at radius 3 is 2.31 bits per heavy atom. The molecule has 2 aliphatic heterocycles. The van der Waals surface area contributed by atoms with Gasteiger partial charge in [-0.1, -0.05) is 99.7 Å². The molecule has 0 radical (unpaired) electrons. The molecule has 0 saturated carbocycles. The van der Waals surface area contributed by atoms with Crippen molar-refractivity contribution in [3.63, 3.8) is 0 Å². The maximum atomic E-state index is 13.9. The standard InChI is InChI=1S/C32H22BrN3O4S2/c33-21-11-14-23(15-12-21)36-29(38)26-25(19-7-2-1-3-8-19)28-31(41-27(26)30(36)39)35(32(40)42-28)17-24(37)34-22-13-10-18-6-4-5-9-20(18)16-22/h1-16,25-27H,17H2,(H,34,37)/t25-,26?,27?/m1/s1. The van der Waals surface area contributed by atoms with Gasteiger partial charge in [0.25, 0.3) is 0 Å². The third kappa shape index (κ3) is 4.59. The Labute approximate surface area is 257 Å². The van der Waals surface area contributed by atoms with Crippen LogP contribution in [0.1, 0.15) is 16.4 Å². The van der Waals surface area contributed by atoms with Crippen molar-refractivity contribution >= 4 is 78.9 Å². The van der Waals surface area contributed by atoms with Crippen molar-refractivity contribution in [2.45, 2.75) is 22.7 Å². The Kier molecular flexibility index (Phi) is 6.84. The number of thiazole rings is 1. The highest BCUT2D eigenvalue weighted by Crippen LogP contribution is 2.53. The van der Waals surface area contributed by atoms with E-state index in [1.54, 1.807) is 24.3 Å². The molecule has 3 heterocycles. The molecule has 2 unspecified atom stereocenters. The predicted molar refractivity (Wildman–Crippen MR) is 169 cm³/mol. The van der Waals surface area contributed by atoms with E-state index in [0.29, 0.717) is 21.3 Å². The summed E-state index contributed by atoms with van der Waals surface area (Å²) in [6, 6.07) is 30.1. The van der Waals surface area contributed by atoms with Gasteiger partial charge in [0, 0.05) is 21.0 Å². The number of carbonyl (C=O) groups is 3. The summed E-state index contributed by atoms with van der Waals surface area (Å²) in [6.45, 7) is -0.206. The van der Waals surface area contributed by atoms with Crippen molar-refractivity contribution in [1.29, 1.82) is 0 Å². The molecular weight excluding hydrogens is 634 g/mol. The van der Waals surface area contributed by atoms with Crippen LogP contribution in [0.3, 0.4) is 0 Å². The van der Waals surface area contributed by atoms with Crippen LogP contribution in [0.5, 0.6) is 0 Å². The number of benzene rings is 4. The molecule has 7 nitrogen and oxygen atoms in total. The Morgan fingerprint density at radius 2 is 1.55 bits per heavy atom. The summed E-state index contributed by atoms with van der Waals surface area (Å²) in [5, 5.41) is 4.79. The van der Waals surface area contributed by atoms with E-state index in [1.165, 1.54) is 21.2 Å². The molecule has 4 aromatic carbocycles. The van der Waals surface area contributed by atoms with E-state index in [4.69, 9.17) is 0 Å². The molecule has 10 heteroatoms. The van der Waals surface area contributed by atoms with Gasteiger partial charge in [-0.15, -0.1) is 0 Å². The average molecular weight is 657 g/mol. The van der Waals surface area contributed by atoms with Gasteiger partial charge >= 0.3 is 4.87 Å². The van der Waals surface area contributed by atoms with Crippen LogP contribution in [-0.4, -0.2) is 27.5 Å². The second kappa shape index (κ2) is 10.7. The van der Waals surface area contributed by atoms with Crippen LogP contribution < -0.4 is 15.1 Å². The van der Waals surface area contributed by atoms with E-state index in [-0.39, 0.29) is 29.1 Å². The van der Waals surface area contributed by atoms with Crippen molar-refractivity contribution in [3.8, 4) is 0 Å². The fourth-order valence-corrected chi connectivity index (χ4v) is 8.77. The van der Waals surface area contributed by atoms with E-state index in [2.05, 4.69) is 21.2 Å². The normalized spacial score (nSPS) is 19.5. The van der Waals surface area contributed by atoms with E-state index in [1.807, 2.05) is 72.8 Å². The molecule has 1 aromatic heterocycles. The van der Waals surface area contributed by atoms with E-state index >= 15 is 0 Å². The van der Waals surface area contributed by atoms with Crippen LogP contribution in [0, 0.1) is 5.92 Å². The lowest BCUT2D eigenvalue weighted by molar-refractivity contribution is -0.122. The van der Waals surface area contributed by atoms with Gasteiger partial charge in [-0.2, -0.15) is 0 Å². The summed E-state index contributed by atoms with van der Waals surface area (Å²) in [7, 11) is 0. The SMILES string of the molecule is O=C(Cn1c2c(sc1=O)[C@H](c1ccccc1)C1C(=O)N(c3ccc(Br)cc3)C(=O)C1S2)Nc1ccc2ccccc2c1. The average Bonchev–Trinajstić information content (AvgIpc) is 3.44. The highest BCUT2D eigenvalue weighted by atomic mass is 79.9. The van der Waals surface area contributed by atoms with Gasteiger partial charge in [0.05, 0.1) is 16.6 Å². The van der Waals surface area contributed by atoms with Gasteiger partial charge in [0.1, 0.15) is 11.8 Å². The van der Waals surface area contributed by atoms with Gasteiger partial charge in [-0.05, 0) is 52.7 Å². The highest BCUT2D eigenvalue weighted by molar-refractivity contribution is 9.10. The maximum Gasteiger partial charge on any atom is 0.308 e. The zero-order valence-electron chi connectivity index (χ0n) is 21.9. The molecule has 0 aliphatic carbocycles. The topological polar surface area (TPSA) is 88.5 Å². The Morgan fingerprint density at radius 1 is 0.833 bits per heavy atom. The van der Waals surface area contributed by atoms with Gasteiger partial charge in [0.15, 0.2) is 0 Å². The summed E-state index contributed by atoms with van der Waals surface area (Å²) >= 11 is 5.66. The lowest BCUT2D eigenvalue weighted by Gasteiger charge is -2.30. The number of hydrogen-bond acceptors (Lipinski definition) is 6. The van der Waals surface area contributed by atoms with Crippen LogP contribution in [0.25, 0.3) is 10.8 Å². The lowest BCUT2D eigenvalue weighted by atomic mass is 9.83.